The standard InChI is InChI=1S/C20H28N6/c1-23(15-17-13-22-26-12-5-4-8-18(17)26)14-16-7-6-11-24(2)20(16)19-9-10-21-25(19)3/h4-5,8-10,12-13,16,20H,6-7,11,14-15H2,1-3H3/t16-,20+/m0/s1. The number of likely N-dealkylation sites (tertiary alicyclic amines) is 1. The van der Waals surface area contributed by atoms with Gasteiger partial charge in [-0.2, -0.15) is 10.2 Å². The monoisotopic (exact) mass is 352 g/mol. The van der Waals surface area contributed by atoms with Crippen LogP contribution in [-0.4, -0.2) is 56.4 Å². The Morgan fingerprint density at radius 1 is 1.19 bits per heavy atom. The van der Waals surface area contributed by atoms with Gasteiger partial charge in [0.2, 0.25) is 0 Å². The van der Waals surface area contributed by atoms with Crippen LogP contribution in [0, 0.1) is 5.92 Å². The van der Waals surface area contributed by atoms with Gasteiger partial charge in [-0.25, -0.2) is 4.52 Å². The van der Waals surface area contributed by atoms with E-state index in [9.17, 15) is 0 Å². The molecule has 4 rings (SSSR count). The summed E-state index contributed by atoms with van der Waals surface area (Å²) in [6.45, 7) is 3.15. The molecular weight excluding hydrogens is 324 g/mol. The van der Waals surface area contributed by atoms with Crippen LogP contribution in [0.15, 0.2) is 42.9 Å². The summed E-state index contributed by atoms with van der Waals surface area (Å²) >= 11 is 0. The number of aromatic nitrogens is 4. The molecule has 0 aliphatic carbocycles. The van der Waals surface area contributed by atoms with E-state index < -0.39 is 0 Å². The molecule has 1 fully saturated rings. The predicted octanol–water partition coefficient (Wildman–Crippen LogP) is 2.58. The third-order valence-electron chi connectivity index (χ3n) is 5.66. The minimum absolute atomic E-state index is 0.433. The molecule has 0 N–H and O–H groups in total. The van der Waals surface area contributed by atoms with E-state index in [0.29, 0.717) is 12.0 Å². The lowest BCUT2D eigenvalue weighted by Crippen LogP contribution is -2.41. The lowest BCUT2D eigenvalue weighted by atomic mass is 9.87. The van der Waals surface area contributed by atoms with Crippen LogP contribution in [0.2, 0.25) is 0 Å². The van der Waals surface area contributed by atoms with E-state index in [1.54, 1.807) is 0 Å². The molecule has 6 nitrogen and oxygen atoms in total. The summed E-state index contributed by atoms with van der Waals surface area (Å²) in [7, 11) is 6.52. The Morgan fingerprint density at radius 2 is 2.08 bits per heavy atom. The number of rotatable bonds is 5. The molecule has 1 aliphatic rings. The van der Waals surface area contributed by atoms with Crippen molar-refractivity contribution in [2.45, 2.75) is 25.4 Å². The number of nitrogens with zero attached hydrogens (tertiary/aromatic N) is 6. The minimum atomic E-state index is 0.433. The molecule has 0 amide bonds. The zero-order chi connectivity index (χ0) is 18.1. The van der Waals surface area contributed by atoms with E-state index in [-0.39, 0.29) is 0 Å². The van der Waals surface area contributed by atoms with Crippen LogP contribution in [0.4, 0.5) is 0 Å². The predicted molar refractivity (Wildman–Crippen MR) is 103 cm³/mol. The number of piperidine rings is 1. The van der Waals surface area contributed by atoms with Gasteiger partial charge in [0.05, 0.1) is 23.4 Å². The second kappa shape index (κ2) is 7.21. The zero-order valence-corrected chi connectivity index (χ0v) is 15.9. The second-order valence-electron chi connectivity index (χ2n) is 7.60. The Balaban J connectivity index is 1.50. The number of pyridine rings is 1. The summed E-state index contributed by atoms with van der Waals surface area (Å²) in [5.41, 5.74) is 3.80. The van der Waals surface area contributed by atoms with Crippen LogP contribution in [-0.2, 0) is 13.6 Å². The fraction of sp³-hybridized carbons (Fsp3) is 0.500. The summed E-state index contributed by atoms with van der Waals surface area (Å²) in [5, 5.41) is 8.87. The largest absolute Gasteiger partial charge is 0.302 e. The van der Waals surface area contributed by atoms with E-state index in [4.69, 9.17) is 0 Å². The third-order valence-corrected chi connectivity index (χ3v) is 5.66. The van der Waals surface area contributed by atoms with Crippen LogP contribution >= 0.6 is 0 Å². The van der Waals surface area contributed by atoms with Gasteiger partial charge in [0.25, 0.3) is 0 Å². The van der Waals surface area contributed by atoms with Crippen molar-refractivity contribution in [1.29, 1.82) is 0 Å². The molecule has 138 valence electrons. The maximum Gasteiger partial charge on any atom is 0.0706 e. The molecule has 26 heavy (non-hydrogen) atoms. The van der Waals surface area contributed by atoms with Gasteiger partial charge in [-0.05, 0) is 57.6 Å². The van der Waals surface area contributed by atoms with Gasteiger partial charge in [-0.3, -0.25) is 9.58 Å². The van der Waals surface area contributed by atoms with Crippen LogP contribution in [0.3, 0.4) is 0 Å². The summed E-state index contributed by atoms with van der Waals surface area (Å²) in [6, 6.07) is 8.84. The first-order valence-corrected chi connectivity index (χ1v) is 9.41. The van der Waals surface area contributed by atoms with Crippen LogP contribution in [0.5, 0.6) is 0 Å². The lowest BCUT2D eigenvalue weighted by molar-refractivity contribution is 0.0874. The zero-order valence-electron chi connectivity index (χ0n) is 15.9. The van der Waals surface area contributed by atoms with E-state index in [0.717, 1.165) is 19.6 Å². The smallest absolute Gasteiger partial charge is 0.0706 e. The molecular formula is C20H28N6. The first kappa shape index (κ1) is 17.2. The van der Waals surface area contributed by atoms with Gasteiger partial charge in [0.1, 0.15) is 0 Å². The van der Waals surface area contributed by atoms with E-state index in [1.807, 2.05) is 33.9 Å². The highest BCUT2D eigenvalue weighted by molar-refractivity contribution is 5.53. The molecule has 3 aromatic rings. The van der Waals surface area contributed by atoms with Crippen LogP contribution in [0.1, 0.15) is 30.1 Å². The lowest BCUT2D eigenvalue weighted by Gasteiger charge is -2.40. The number of aryl methyl sites for hydroxylation is 1. The van der Waals surface area contributed by atoms with Crippen molar-refractivity contribution in [2.24, 2.45) is 13.0 Å². The van der Waals surface area contributed by atoms with Crippen molar-refractivity contribution < 1.29 is 0 Å². The number of hydrogen-bond acceptors (Lipinski definition) is 4. The molecule has 1 aliphatic heterocycles. The molecule has 0 aromatic carbocycles. The van der Waals surface area contributed by atoms with E-state index >= 15 is 0 Å². The van der Waals surface area contributed by atoms with Crippen molar-refractivity contribution in [3.8, 4) is 0 Å². The van der Waals surface area contributed by atoms with Gasteiger partial charge in [-0.1, -0.05) is 6.07 Å². The number of fused-ring (bicyclic) bond motifs is 1. The molecule has 3 aromatic heterocycles. The highest BCUT2D eigenvalue weighted by Gasteiger charge is 2.33. The molecule has 0 spiro atoms. The Kier molecular flexibility index (Phi) is 4.78. The van der Waals surface area contributed by atoms with Gasteiger partial charge >= 0.3 is 0 Å². The van der Waals surface area contributed by atoms with Gasteiger partial charge in [-0.15, -0.1) is 0 Å². The Bertz CT molecular complexity index is 866. The Morgan fingerprint density at radius 3 is 2.88 bits per heavy atom. The molecule has 0 radical (unpaired) electrons. The average Bonchev–Trinajstić information content (AvgIpc) is 3.22. The summed E-state index contributed by atoms with van der Waals surface area (Å²) < 4.78 is 3.99. The first-order chi connectivity index (χ1) is 12.6. The van der Waals surface area contributed by atoms with Crippen LogP contribution < -0.4 is 0 Å². The van der Waals surface area contributed by atoms with Crippen molar-refractivity contribution >= 4 is 5.52 Å². The topological polar surface area (TPSA) is 41.6 Å². The molecule has 4 heterocycles. The highest BCUT2D eigenvalue weighted by atomic mass is 15.3. The third kappa shape index (κ3) is 3.27. The quantitative estimate of drug-likeness (QED) is 0.708. The summed E-state index contributed by atoms with van der Waals surface area (Å²) in [4.78, 5) is 4.94. The highest BCUT2D eigenvalue weighted by Crippen LogP contribution is 2.35. The molecule has 6 heteroatoms. The summed E-state index contributed by atoms with van der Waals surface area (Å²) in [6.07, 6.45) is 8.45. The summed E-state index contributed by atoms with van der Waals surface area (Å²) in [5.74, 6) is 0.607. The van der Waals surface area contributed by atoms with Gasteiger partial charge in [0, 0.05) is 38.1 Å². The van der Waals surface area contributed by atoms with Crippen LogP contribution in [0.25, 0.3) is 5.52 Å². The molecule has 0 unspecified atom stereocenters. The van der Waals surface area contributed by atoms with Crippen molar-refractivity contribution in [3.05, 3.63) is 54.1 Å². The maximum atomic E-state index is 4.47. The van der Waals surface area contributed by atoms with E-state index in [2.05, 4.69) is 59.3 Å². The Labute approximate surface area is 155 Å². The first-order valence-electron chi connectivity index (χ1n) is 9.41. The second-order valence-corrected chi connectivity index (χ2v) is 7.60. The fourth-order valence-electron chi connectivity index (χ4n) is 4.46. The Hall–Kier alpha value is -2.18. The molecule has 0 saturated carbocycles. The number of hydrogen-bond donors (Lipinski definition) is 0. The van der Waals surface area contributed by atoms with Crippen molar-refractivity contribution in [2.75, 3.05) is 27.2 Å². The average molecular weight is 352 g/mol. The molecule has 1 saturated heterocycles. The fourth-order valence-corrected chi connectivity index (χ4v) is 4.46. The van der Waals surface area contributed by atoms with Gasteiger partial charge < -0.3 is 4.90 Å². The molecule has 2 atom stereocenters. The van der Waals surface area contributed by atoms with Crippen molar-refractivity contribution in [3.63, 3.8) is 0 Å². The minimum Gasteiger partial charge on any atom is -0.302 e. The van der Waals surface area contributed by atoms with Crippen molar-refractivity contribution in [1.82, 2.24) is 29.2 Å². The maximum absolute atomic E-state index is 4.47. The van der Waals surface area contributed by atoms with Gasteiger partial charge in [0.15, 0.2) is 0 Å². The van der Waals surface area contributed by atoms with E-state index in [1.165, 1.54) is 29.6 Å². The molecule has 0 bridgehead atoms. The normalized spacial score (nSPS) is 21.7. The SMILES string of the molecule is CN(Cc1cnn2ccccc12)C[C@@H]1CCCN(C)[C@H]1c1ccnn1C.